The van der Waals surface area contributed by atoms with Crippen LogP contribution >= 0.6 is 38.9 Å². The molecule has 21 heavy (non-hydrogen) atoms. The third-order valence-corrected chi connectivity index (χ3v) is 5.61. The van der Waals surface area contributed by atoms with E-state index in [1.54, 1.807) is 11.3 Å². The van der Waals surface area contributed by atoms with Crippen molar-refractivity contribution < 1.29 is 0 Å². The quantitative estimate of drug-likeness (QED) is 0.618. The number of alkyl halides is 1. The second-order valence-electron chi connectivity index (χ2n) is 4.96. The van der Waals surface area contributed by atoms with Crippen LogP contribution < -0.4 is 0 Å². The second-order valence-corrected chi connectivity index (χ2v) is 7.47. The lowest BCUT2D eigenvalue weighted by Crippen LogP contribution is -2.08. The maximum absolute atomic E-state index is 6.34. The first-order chi connectivity index (χ1) is 10.0. The van der Waals surface area contributed by atoms with E-state index in [-0.39, 0.29) is 5.38 Å². The topological polar surface area (TPSA) is 35.6 Å². The molecule has 0 aliphatic carbocycles. The maximum Gasteiger partial charge on any atom is 0.159 e. The van der Waals surface area contributed by atoms with Crippen LogP contribution in [-0.2, 0) is 20.0 Å². The van der Waals surface area contributed by atoms with E-state index >= 15 is 0 Å². The molecule has 0 radical (unpaired) electrons. The summed E-state index contributed by atoms with van der Waals surface area (Å²) in [7, 11) is 1.96. The molecule has 3 rings (SSSR count). The summed E-state index contributed by atoms with van der Waals surface area (Å²) in [6.45, 7) is 4.81. The minimum Gasteiger partial charge on any atom is -0.306 e. The summed E-state index contributed by atoms with van der Waals surface area (Å²) >= 11 is 11.7. The number of rotatable bonds is 4. The molecule has 1 unspecified atom stereocenters. The standard InChI is InChI=1S/C14H16BrClN4S/c1-4-10-12-14(19(3)18-10)20(13(17-12)8(2)16)7-11-9(15)5-6-21-11/h5-6,8H,4,7H2,1-3H3. The van der Waals surface area contributed by atoms with Crippen LogP contribution in [-0.4, -0.2) is 19.3 Å². The van der Waals surface area contributed by atoms with Crippen molar-refractivity contribution in [3.63, 3.8) is 0 Å². The van der Waals surface area contributed by atoms with Crippen LogP contribution in [0.3, 0.4) is 0 Å². The number of aryl methyl sites for hydroxylation is 2. The van der Waals surface area contributed by atoms with Crippen LogP contribution in [0.1, 0.15) is 35.6 Å². The van der Waals surface area contributed by atoms with Crippen LogP contribution in [0.2, 0.25) is 0 Å². The van der Waals surface area contributed by atoms with Crippen LogP contribution in [0.5, 0.6) is 0 Å². The van der Waals surface area contributed by atoms with Gasteiger partial charge in [-0.3, -0.25) is 4.68 Å². The number of hydrogen-bond acceptors (Lipinski definition) is 3. The molecule has 3 aromatic heterocycles. The van der Waals surface area contributed by atoms with Crippen LogP contribution in [0, 0.1) is 0 Å². The van der Waals surface area contributed by atoms with Crippen LogP contribution in [0.25, 0.3) is 11.2 Å². The summed E-state index contributed by atoms with van der Waals surface area (Å²) in [5.41, 5.74) is 3.03. The third kappa shape index (κ3) is 2.53. The van der Waals surface area contributed by atoms with E-state index in [1.165, 1.54) is 4.88 Å². The van der Waals surface area contributed by atoms with Gasteiger partial charge in [0, 0.05) is 16.4 Å². The van der Waals surface area contributed by atoms with Crippen molar-refractivity contribution in [1.29, 1.82) is 0 Å². The smallest absolute Gasteiger partial charge is 0.159 e. The van der Waals surface area contributed by atoms with E-state index < -0.39 is 0 Å². The van der Waals surface area contributed by atoms with Gasteiger partial charge in [-0.2, -0.15) is 5.10 Å². The van der Waals surface area contributed by atoms with Crippen molar-refractivity contribution in [3.05, 3.63) is 32.3 Å². The number of fused-ring (bicyclic) bond motifs is 1. The molecule has 4 nitrogen and oxygen atoms in total. The molecular weight excluding hydrogens is 372 g/mol. The Morgan fingerprint density at radius 2 is 2.24 bits per heavy atom. The molecule has 3 aromatic rings. The Morgan fingerprint density at radius 3 is 2.81 bits per heavy atom. The lowest BCUT2D eigenvalue weighted by atomic mass is 10.3. The van der Waals surface area contributed by atoms with Gasteiger partial charge < -0.3 is 4.57 Å². The maximum atomic E-state index is 6.34. The molecule has 0 aromatic carbocycles. The SMILES string of the molecule is CCc1nn(C)c2c1nc(C(C)Cl)n2Cc1sccc1Br. The third-order valence-electron chi connectivity index (χ3n) is 3.50. The van der Waals surface area contributed by atoms with Gasteiger partial charge in [-0.1, -0.05) is 6.92 Å². The highest BCUT2D eigenvalue weighted by Crippen LogP contribution is 2.30. The highest BCUT2D eigenvalue weighted by Gasteiger charge is 2.21. The van der Waals surface area contributed by atoms with Crippen molar-refractivity contribution in [2.24, 2.45) is 7.05 Å². The van der Waals surface area contributed by atoms with Crippen LogP contribution in [0.4, 0.5) is 0 Å². The van der Waals surface area contributed by atoms with Gasteiger partial charge in [-0.15, -0.1) is 22.9 Å². The van der Waals surface area contributed by atoms with Crippen molar-refractivity contribution in [3.8, 4) is 0 Å². The lowest BCUT2D eigenvalue weighted by molar-refractivity contribution is 0.686. The second kappa shape index (κ2) is 5.74. The van der Waals surface area contributed by atoms with Crippen molar-refractivity contribution in [2.45, 2.75) is 32.2 Å². The van der Waals surface area contributed by atoms with Gasteiger partial charge in [0.15, 0.2) is 5.65 Å². The van der Waals surface area contributed by atoms with E-state index in [2.05, 4.69) is 44.0 Å². The van der Waals surface area contributed by atoms with Gasteiger partial charge in [0.05, 0.1) is 17.6 Å². The Balaban J connectivity index is 2.21. The predicted molar refractivity (Wildman–Crippen MR) is 91.3 cm³/mol. The molecule has 0 spiro atoms. The number of imidazole rings is 1. The van der Waals surface area contributed by atoms with E-state index in [0.29, 0.717) is 0 Å². The summed E-state index contributed by atoms with van der Waals surface area (Å²) < 4.78 is 5.21. The fourth-order valence-electron chi connectivity index (χ4n) is 2.54. The van der Waals surface area contributed by atoms with Gasteiger partial charge >= 0.3 is 0 Å². The van der Waals surface area contributed by atoms with Gasteiger partial charge in [-0.05, 0) is 40.7 Å². The lowest BCUT2D eigenvalue weighted by Gasteiger charge is -2.10. The zero-order valence-corrected chi connectivity index (χ0v) is 15.3. The van der Waals surface area contributed by atoms with E-state index in [1.807, 2.05) is 18.7 Å². The molecule has 0 fully saturated rings. The fourth-order valence-corrected chi connectivity index (χ4v) is 4.17. The zero-order valence-electron chi connectivity index (χ0n) is 12.1. The van der Waals surface area contributed by atoms with Gasteiger partial charge in [0.25, 0.3) is 0 Å². The number of halogens is 2. The number of nitrogens with zero attached hydrogens (tertiary/aromatic N) is 4. The van der Waals surface area contributed by atoms with Crippen molar-refractivity contribution >= 4 is 50.0 Å². The first-order valence-corrected chi connectivity index (χ1v) is 8.91. The van der Waals surface area contributed by atoms with E-state index in [4.69, 9.17) is 16.6 Å². The zero-order chi connectivity index (χ0) is 15.1. The van der Waals surface area contributed by atoms with Crippen molar-refractivity contribution in [2.75, 3.05) is 0 Å². The Hall–Kier alpha value is -0.850. The molecule has 0 N–H and O–H groups in total. The average molecular weight is 388 g/mol. The minimum atomic E-state index is -0.138. The molecule has 0 saturated carbocycles. The first kappa shape index (κ1) is 15.1. The van der Waals surface area contributed by atoms with E-state index in [9.17, 15) is 0 Å². The highest BCUT2D eigenvalue weighted by molar-refractivity contribution is 9.10. The van der Waals surface area contributed by atoms with Crippen molar-refractivity contribution in [1.82, 2.24) is 19.3 Å². The Kier molecular flexibility index (Phi) is 4.12. The van der Waals surface area contributed by atoms with Gasteiger partial charge in [0.2, 0.25) is 0 Å². The van der Waals surface area contributed by atoms with Crippen LogP contribution in [0.15, 0.2) is 15.9 Å². The summed E-state index contributed by atoms with van der Waals surface area (Å²) in [4.78, 5) is 6.01. The average Bonchev–Trinajstić information content (AvgIpc) is 3.08. The molecule has 112 valence electrons. The largest absolute Gasteiger partial charge is 0.306 e. The predicted octanol–water partition coefficient (Wildman–Crippen LogP) is 4.50. The summed E-state index contributed by atoms with van der Waals surface area (Å²) in [6.07, 6.45) is 0.868. The molecule has 7 heteroatoms. The molecule has 1 atom stereocenters. The monoisotopic (exact) mass is 386 g/mol. The molecule has 3 heterocycles. The summed E-state index contributed by atoms with van der Waals surface area (Å²) in [5, 5.41) is 6.51. The summed E-state index contributed by atoms with van der Waals surface area (Å²) in [5.74, 6) is 0.898. The summed E-state index contributed by atoms with van der Waals surface area (Å²) in [6, 6.07) is 2.07. The molecular formula is C14H16BrClN4S. The Labute approximate surface area is 140 Å². The molecule has 0 saturated heterocycles. The molecule has 0 aliphatic rings. The molecule has 0 bridgehead atoms. The number of aromatic nitrogens is 4. The highest BCUT2D eigenvalue weighted by atomic mass is 79.9. The van der Waals surface area contributed by atoms with Gasteiger partial charge in [0.1, 0.15) is 11.3 Å². The number of thiophene rings is 1. The van der Waals surface area contributed by atoms with Gasteiger partial charge in [-0.25, -0.2) is 4.98 Å². The number of hydrogen-bond donors (Lipinski definition) is 0. The normalized spacial score (nSPS) is 13.2. The molecule has 0 amide bonds. The first-order valence-electron chi connectivity index (χ1n) is 6.80. The molecule has 0 aliphatic heterocycles. The Morgan fingerprint density at radius 1 is 1.48 bits per heavy atom. The van der Waals surface area contributed by atoms with E-state index in [0.717, 1.165) is 40.1 Å². The minimum absolute atomic E-state index is 0.138. The Bertz CT molecular complexity index is 786. The fraction of sp³-hybridized carbons (Fsp3) is 0.429.